The molecule has 0 saturated carbocycles. The number of nitrogens with two attached hydrogens (primary N) is 1. The minimum Gasteiger partial charge on any atom is -0.355 e. The normalized spacial score (nSPS) is 20.7. The second-order valence-corrected chi connectivity index (χ2v) is 7.29. The van der Waals surface area contributed by atoms with Gasteiger partial charge in [0.05, 0.1) is 18.3 Å². The van der Waals surface area contributed by atoms with Crippen molar-refractivity contribution in [3.63, 3.8) is 0 Å². The summed E-state index contributed by atoms with van der Waals surface area (Å²) < 4.78 is 68.9. The Bertz CT molecular complexity index is 1070. The summed E-state index contributed by atoms with van der Waals surface area (Å²) in [5.74, 6) is -4.34. The maximum absolute atomic E-state index is 14.3. The second kappa shape index (κ2) is 8.93. The minimum atomic E-state index is -4.62. The predicted octanol–water partition coefficient (Wildman–Crippen LogP) is 3.90. The Labute approximate surface area is 181 Å². The van der Waals surface area contributed by atoms with Crippen molar-refractivity contribution in [1.29, 1.82) is 0 Å². The summed E-state index contributed by atoms with van der Waals surface area (Å²) in [4.78, 5) is 17.6. The van der Waals surface area contributed by atoms with E-state index >= 15 is 0 Å². The molecule has 0 spiro atoms. The Morgan fingerprint density at radius 1 is 1.12 bits per heavy atom. The maximum Gasteiger partial charge on any atom is 0.434 e. The molecule has 0 radical (unpaired) electrons. The van der Waals surface area contributed by atoms with Crippen molar-refractivity contribution >= 4 is 11.5 Å². The third kappa shape index (κ3) is 4.36. The first-order valence-corrected chi connectivity index (χ1v) is 10.2. The van der Waals surface area contributed by atoms with Crippen LogP contribution in [-0.4, -0.2) is 49.9 Å². The van der Waals surface area contributed by atoms with Crippen LogP contribution in [0.25, 0.3) is 17.2 Å². The summed E-state index contributed by atoms with van der Waals surface area (Å²) in [7, 11) is 0. The third-order valence-corrected chi connectivity index (χ3v) is 5.30. The summed E-state index contributed by atoms with van der Waals surface area (Å²) in [6, 6.07) is 1.57. The number of anilines is 1. The Morgan fingerprint density at radius 2 is 1.84 bits per heavy atom. The molecule has 7 nitrogen and oxygen atoms in total. The molecule has 2 N–H and O–H groups in total. The molecule has 0 amide bonds. The third-order valence-electron chi connectivity index (χ3n) is 5.30. The van der Waals surface area contributed by atoms with E-state index in [2.05, 4.69) is 19.9 Å². The molecule has 4 rings (SSSR count). The highest BCUT2D eigenvalue weighted by Gasteiger charge is 2.49. The minimum absolute atomic E-state index is 0.0135. The number of aromatic nitrogens is 5. The van der Waals surface area contributed by atoms with Crippen molar-refractivity contribution in [2.24, 2.45) is 17.6 Å². The molecule has 1 aliphatic heterocycles. The van der Waals surface area contributed by atoms with Crippen molar-refractivity contribution in [2.75, 3.05) is 24.5 Å². The van der Waals surface area contributed by atoms with Gasteiger partial charge in [0.25, 0.3) is 5.92 Å². The van der Waals surface area contributed by atoms with Gasteiger partial charge in [-0.1, -0.05) is 20.8 Å². The zero-order valence-corrected chi connectivity index (χ0v) is 17.8. The average molecular weight is 457 g/mol. The summed E-state index contributed by atoms with van der Waals surface area (Å²) in [6.45, 7) is 5.36. The van der Waals surface area contributed by atoms with E-state index in [1.54, 1.807) is 11.0 Å². The second-order valence-electron chi connectivity index (χ2n) is 7.29. The van der Waals surface area contributed by atoms with E-state index in [0.717, 1.165) is 12.4 Å². The van der Waals surface area contributed by atoms with Crippen LogP contribution in [0.3, 0.4) is 0 Å². The monoisotopic (exact) mass is 457 g/mol. The van der Waals surface area contributed by atoms with Crippen LogP contribution in [0.1, 0.15) is 26.5 Å². The molecule has 1 saturated heterocycles. The lowest BCUT2D eigenvalue weighted by Gasteiger charge is -2.42. The van der Waals surface area contributed by atoms with Gasteiger partial charge in [0.15, 0.2) is 17.2 Å². The molecular weight excluding hydrogens is 433 g/mol. The fraction of sp³-hybridized carbons (Fsp3) is 0.500. The molecule has 3 aromatic rings. The summed E-state index contributed by atoms with van der Waals surface area (Å²) in [5, 5.41) is 0. The maximum atomic E-state index is 14.3. The van der Waals surface area contributed by atoms with E-state index in [0.29, 0.717) is 5.82 Å². The van der Waals surface area contributed by atoms with Gasteiger partial charge in [0.2, 0.25) is 0 Å². The number of halogens is 5. The molecule has 0 bridgehead atoms. The SMILES string of the molecule is CC.CC1CN(c2ccnc(-c3cnc4cnc(C(F)(F)F)cn34)n2)CC(CN)C1(F)F. The van der Waals surface area contributed by atoms with E-state index in [9.17, 15) is 22.0 Å². The summed E-state index contributed by atoms with van der Waals surface area (Å²) in [6.07, 6.45) is -0.0212. The van der Waals surface area contributed by atoms with Crippen molar-refractivity contribution in [1.82, 2.24) is 24.3 Å². The zero-order valence-electron chi connectivity index (χ0n) is 17.8. The fourth-order valence-electron chi connectivity index (χ4n) is 3.59. The van der Waals surface area contributed by atoms with E-state index < -0.39 is 29.6 Å². The van der Waals surface area contributed by atoms with Gasteiger partial charge >= 0.3 is 6.18 Å². The van der Waals surface area contributed by atoms with E-state index in [-0.39, 0.29) is 36.8 Å². The average Bonchev–Trinajstić information content (AvgIpc) is 3.20. The summed E-state index contributed by atoms with van der Waals surface area (Å²) >= 11 is 0. The number of fused-ring (bicyclic) bond motifs is 1. The van der Waals surface area contributed by atoms with Crippen molar-refractivity contribution in [2.45, 2.75) is 32.9 Å². The molecule has 2 unspecified atom stereocenters. The van der Waals surface area contributed by atoms with E-state index in [1.807, 2.05) is 13.8 Å². The molecule has 1 aliphatic rings. The lowest BCUT2D eigenvalue weighted by molar-refractivity contribution is -0.141. The van der Waals surface area contributed by atoms with Crippen molar-refractivity contribution in [3.05, 3.63) is 36.5 Å². The summed E-state index contributed by atoms with van der Waals surface area (Å²) in [5.41, 5.74) is 4.89. The quantitative estimate of drug-likeness (QED) is 0.601. The van der Waals surface area contributed by atoms with E-state index in [1.165, 1.54) is 23.7 Å². The number of piperidine rings is 1. The highest BCUT2D eigenvalue weighted by molar-refractivity contribution is 5.58. The Hall–Kier alpha value is -2.89. The molecular formula is C20H24F5N7. The first-order chi connectivity index (χ1) is 15.1. The topological polar surface area (TPSA) is 85.2 Å². The van der Waals surface area contributed by atoms with Crippen LogP contribution in [0, 0.1) is 11.8 Å². The van der Waals surface area contributed by atoms with Gasteiger partial charge in [0.1, 0.15) is 11.5 Å². The number of rotatable bonds is 3. The van der Waals surface area contributed by atoms with Crippen molar-refractivity contribution in [3.8, 4) is 11.5 Å². The van der Waals surface area contributed by atoms with Crippen LogP contribution in [0.5, 0.6) is 0 Å². The van der Waals surface area contributed by atoms with Gasteiger partial charge in [-0.3, -0.25) is 4.40 Å². The van der Waals surface area contributed by atoms with Crippen LogP contribution in [0.2, 0.25) is 0 Å². The van der Waals surface area contributed by atoms with Gasteiger partial charge < -0.3 is 10.6 Å². The Kier molecular flexibility index (Phi) is 6.63. The molecule has 0 aromatic carbocycles. The lowest BCUT2D eigenvalue weighted by Crippen LogP contribution is -2.55. The molecule has 4 heterocycles. The number of hydrogen-bond acceptors (Lipinski definition) is 6. The van der Waals surface area contributed by atoms with Gasteiger partial charge in [-0.15, -0.1) is 0 Å². The fourth-order valence-corrected chi connectivity index (χ4v) is 3.59. The first-order valence-electron chi connectivity index (χ1n) is 10.2. The van der Waals surface area contributed by atoms with Crippen molar-refractivity contribution < 1.29 is 22.0 Å². The molecule has 32 heavy (non-hydrogen) atoms. The molecule has 174 valence electrons. The van der Waals surface area contributed by atoms with Crippen LogP contribution in [-0.2, 0) is 6.18 Å². The Morgan fingerprint density at radius 3 is 2.50 bits per heavy atom. The van der Waals surface area contributed by atoms with Crippen LogP contribution >= 0.6 is 0 Å². The highest BCUT2D eigenvalue weighted by Crippen LogP contribution is 2.38. The van der Waals surface area contributed by atoms with E-state index in [4.69, 9.17) is 5.73 Å². The van der Waals surface area contributed by atoms with Gasteiger partial charge in [-0.05, 0) is 6.07 Å². The number of hydrogen-bond donors (Lipinski definition) is 1. The smallest absolute Gasteiger partial charge is 0.355 e. The molecule has 1 fully saturated rings. The van der Waals surface area contributed by atoms with Gasteiger partial charge in [-0.2, -0.15) is 13.2 Å². The lowest BCUT2D eigenvalue weighted by atomic mass is 9.86. The van der Waals surface area contributed by atoms with Crippen LogP contribution < -0.4 is 10.6 Å². The van der Waals surface area contributed by atoms with Crippen LogP contribution in [0.4, 0.5) is 27.8 Å². The number of nitrogens with zero attached hydrogens (tertiary/aromatic N) is 6. The van der Waals surface area contributed by atoms with Gasteiger partial charge in [0, 0.05) is 37.9 Å². The molecule has 12 heteroatoms. The standard InChI is InChI=1S/C18H18F5N7.C2H6/c1-10-7-29(8-11(4-24)17(10,19)20)14-2-3-25-16(28-14)12-5-27-15-6-26-13(9-30(12)15)18(21,22)23;1-2/h2-3,5-6,9-11H,4,7-8,24H2,1H3;1-2H3. The molecule has 2 atom stereocenters. The number of imidazole rings is 1. The van der Waals surface area contributed by atoms with Crippen LogP contribution in [0.15, 0.2) is 30.9 Å². The Balaban J connectivity index is 0.00000141. The highest BCUT2D eigenvalue weighted by atomic mass is 19.4. The number of alkyl halides is 5. The zero-order chi connectivity index (χ0) is 23.7. The predicted molar refractivity (Wildman–Crippen MR) is 109 cm³/mol. The molecule has 0 aliphatic carbocycles. The largest absolute Gasteiger partial charge is 0.434 e. The van der Waals surface area contributed by atoms with Gasteiger partial charge in [-0.25, -0.2) is 28.7 Å². The molecule has 3 aromatic heterocycles. The first kappa shape index (κ1) is 23.8.